The van der Waals surface area contributed by atoms with Crippen molar-refractivity contribution in [1.29, 1.82) is 0 Å². The molecule has 9 heteroatoms. The maximum absolute atomic E-state index is 14.9. The lowest BCUT2D eigenvalue weighted by molar-refractivity contribution is 0.103. The van der Waals surface area contributed by atoms with Crippen LogP contribution in [0.25, 0.3) is 11.0 Å². The van der Waals surface area contributed by atoms with Crippen molar-refractivity contribution in [2.24, 2.45) is 0 Å². The van der Waals surface area contributed by atoms with Gasteiger partial charge in [-0.25, -0.2) is 12.8 Å². The number of unbranched alkanes of at least 4 members (excludes halogenated alkanes) is 1. The number of likely N-dealkylation sites (tertiary alicyclic amines) is 1. The molecule has 1 aromatic heterocycles. The molecule has 200 valence electrons. The number of carbonyl (C=O) groups excluding carboxylic acids is 1. The van der Waals surface area contributed by atoms with Crippen LogP contribution in [0, 0.1) is 5.82 Å². The topological polar surface area (TPSA) is 88.8 Å². The van der Waals surface area contributed by atoms with E-state index in [0.717, 1.165) is 45.2 Å². The number of aryl methyl sites for hydroxylation is 1. The van der Waals surface area contributed by atoms with Crippen LogP contribution in [0.4, 0.5) is 10.1 Å². The molecule has 1 N–H and O–H groups in total. The number of fused-ring (bicyclic) bond motifs is 1. The number of hydrogen-bond acceptors (Lipinski definition) is 6. The molecule has 4 rings (SSSR count). The highest BCUT2D eigenvalue weighted by Crippen LogP contribution is 2.32. The number of nitrogens with one attached hydrogen (secondary N) is 1. The zero-order valence-corrected chi connectivity index (χ0v) is 22.3. The van der Waals surface area contributed by atoms with Gasteiger partial charge in [-0.1, -0.05) is 19.8 Å². The second kappa shape index (κ2) is 12.1. The van der Waals surface area contributed by atoms with Gasteiger partial charge in [-0.3, -0.25) is 9.52 Å². The third-order valence-corrected chi connectivity index (χ3v) is 7.17. The van der Waals surface area contributed by atoms with Crippen LogP contribution in [0.1, 0.15) is 67.1 Å². The Balaban J connectivity index is 1.53. The summed E-state index contributed by atoms with van der Waals surface area (Å²) in [5.74, 6) is -0.335. The molecule has 7 nitrogen and oxygen atoms in total. The molecule has 2 aromatic carbocycles. The summed E-state index contributed by atoms with van der Waals surface area (Å²) in [5.41, 5.74) is 1.31. The van der Waals surface area contributed by atoms with E-state index < -0.39 is 15.8 Å². The van der Waals surface area contributed by atoms with Crippen LogP contribution in [-0.2, 0) is 16.4 Å². The lowest BCUT2D eigenvalue weighted by Crippen LogP contribution is -2.31. The summed E-state index contributed by atoms with van der Waals surface area (Å²) in [6.45, 7) is 5.60. The molecule has 0 bridgehead atoms. The maximum Gasteiger partial charge on any atom is 0.229 e. The molecule has 1 saturated heterocycles. The molecule has 3 aromatic rings. The first-order chi connectivity index (χ1) is 17.7. The molecule has 0 saturated carbocycles. The number of sulfonamides is 1. The second-order valence-electron chi connectivity index (χ2n) is 9.67. The number of ketones is 1. The van der Waals surface area contributed by atoms with Gasteiger partial charge in [0.15, 0.2) is 17.3 Å². The monoisotopic (exact) mass is 530 g/mol. The normalized spacial score (nSPS) is 14.7. The van der Waals surface area contributed by atoms with Gasteiger partial charge in [-0.15, -0.1) is 0 Å². The van der Waals surface area contributed by atoms with Crippen molar-refractivity contribution in [2.45, 2.75) is 51.9 Å². The second-order valence-corrected chi connectivity index (χ2v) is 11.4. The molecule has 0 aliphatic carbocycles. The van der Waals surface area contributed by atoms with E-state index in [4.69, 9.17) is 9.15 Å². The van der Waals surface area contributed by atoms with Crippen LogP contribution in [-0.4, -0.2) is 51.6 Å². The van der Waals surface area contributed by atoms with Crippen molar-refractivity contribution in [3.63, 3.8) is 0 Å². The largest absolute Gasteiger partial charge is 0.490 e. The summed E-state index contributed by atoms with van der Waals surface area (Å²) in [7, 11) is -3.50. The Morgan fingerprint density at radius 2 is 1.89 bits per heavy atom. The Labute approximate surface area is 218 Å². The number of benzene rings is 2. The molecular weight excluding hydrogens is 495 g/mol. The fourth-order valence-corrected chi connectivity index (χ4v) is 5.30. The standard InChI is InChI=1S/C28H35FN2O5S/c1-3-4-9-26-27(22-19-21(30-37(2,33)34)11-13-24(22)36-26)28(32)20-10-12-25(23(29)18-20)35-17-8-16-31-14-6-5-7-15-31/h10-13,18-19,30H,3-9,14-17H2,1-2H3. The van der Waals surface area contributed by atoms with Crippen molar-refractivity contribution < 1.29 is 26.8 Å². The van der Waals surface area contributed by atoms with E-state index in [1.54, 1.807) is 24.3 Å². The number of furan rings is 1. The number of nitrogens with zero attached hydrogens (tertiary/aromatic N) is 1. The number of halogens is 1. The summed E-state index contributed by atoms with van der Waals surface area (Å²) in [6.07, 6.45) is 7.88. The van der Waals surface area contributed by atoms with E-state index in [9.17, 15) is 17.6 Å². The SMILES string of the molecule is CCCCc1oc2ccc(NS(C)(=O)=O)cc2c1C(=O)c1ccc(OCCCN2CCCCC2)c(F)c1. The molecule has 1 aliphatic heterocycles. The Bertz CT molecular complexity index is 1350. The summed E-state index contributed by atoms with van der Waals surface area (Å²) in [6, 6.07) is 9.06. The Morgan fingerprint density at radius 1 is 1.11 bits per heavy atom. The Hall–Kier alpha value is -2.91. The van der Waals surface area contributed by atoms with Crippen LogP contribution in [0.5, 0.6) is 5.75 Å². The molecule has 2 heterocycles. The number of hydrogen-bond donors (Lipinski definition) is 1. The van der Waals surface area contributed by atoms with E-state index in [1.165, 1.54) is 31.4 Å². The van der Waals surface area contributed by atoms with Crippen molar-refractivity contribution in [3.8, 4) is 5.75 Å². The summed E-state index contributed by atoms with van der Waals surface area (Å²) in [5, 5.41) is 0.489. The van der Waals surface area contributed by atoms with Gasteiger partial charge in [0.25, 0.3) is 0 Å². The molecule has 37 heavy (non-hydrogen) atoms. The predicted octanol–water partition coefficient (Wildman–Crippen LogP) is 5.77. The van der Waals surface area contributed by atoms with Crippen molar-refractivity contribution >= 4 is 32.5 Å². The fourth-order valence-electron chi connectivity index (χ4n) is 4.74. The molecular formula is C28H35FN2O5S. The quantitative estimate of drug-likeness (QED) is 0.236. The average Bonchev–Trinajstić information content (AvgIpc) is 3.22. The minimum Gasteiger partial charge on any atom is -0.490 e. The number of ether oxygens (including phenoxy) is 1. The van der Waals surface area contributed by atoms with Crippen molar-refractivity contribution in [2.75, 3.05) is 37.2 Å². The molecule has 0 unspecified atom stereocenters. The van der Waals surface area contributed by atoms with E-state index in [0.29, 0.717) is 41.0 Å². The van der Waals surface area contributed by atoms with Crippen LogP contribution >= 0.6 is 0 Å². The van der Waals surface area contributed by atoms with E-state index in [1.807, 2.05) is 6.92 Å². The molecule has 0 radical (unpaired) electrons. The Morgan fingerprint density at radius 3 is 2.59 bits per heavy atom. The zero-order chi connectivity index (χ0) is 26.4. The molecule has 0 atom stereocenters. The zero-order valence-electron chi connectivity index (χ0n) is 21.5. The first-order valence-corrected chi connectivity index (χ1v) is 14.9. The van der Waals surface area contributed by atoms with E-state index >= 15 is 0 Å². The first-order valence-electron chi connectivity index (χ1n) is 13.0. The smallest absolute Gasteiger partial charge is 0.229 e. The van der Waals surface area contributed by atoms with Crippen molar-refractivity contribution in [1.82, 2.24) is 4.90 Å². The third-order valence-electron chi connectivity index (χ3n) is 6.57. The minimum absolute atomic E-state index is 0.123. The first kappa shape index (κ1) is 27.1. The van der Waals surface area contributed by atoms with Crippen LogP contribution in [0.3, 0.4) is 0 Å². The fraction of sp³-hybridized carbons (Fsp3) is 0.464. The summed E-state index contributed by atoms with van der Waals surface area (Å²) < 4.78 is 52.4. The predicted molar refractivity (Wildman–Crippen MR) is 144 cm³/mol. The average molecular weight is 531 g/mol. The molecule has 1 fully saturated rings. The number of piperidine rings is 1. The van der Waals surface area contributed by atoms with Gasteiger partial charge >= 0.3 is 0 Å². The lowest BCUT2D eigenvalue weighted by atomic mass is 9.98. The molecule has 0 amide bonds. The van der Waals surface area contributed by atoms with E-state index in [-0.39, 0.29) is 17.1 Å². The third kappa shape index (κ3) is 7.11. The van der Waals surface area contributed by atoms with Gasteiger partial charge in [-0.2, -0.15) is 0 Å². The van der Waals surface area contributed by atoms with Crippen LogP contribution in [0.15, 0.2) is 40.8 Å². The highest BCUT2D eigenvalue weighted by molar-refractivity contribution is 7.92. The van der Waals surface area contributed by atoms with Crippen LogP contribution < -0.4 is 9.46 Å². The molecule has 1 aliphatic rings. The number of carbonyl (C=O) groups is 1. The van der Waals surface area contributed by atoms with Gasteiger partial charge in [0.05, 0.1) is 18.4 Å². The maximum atomic E-state index is 14.9. The number of rotatable bonds is 12. The van der Waals surface area contributed by atoms with Gasteiger partial charge in [0, 0.05) is 29.6 Å². The van der Waals surface area contributed by atoms with E-state index in [2.05, 4.69) is 9.62 Å². The van der Waals surface area contributed by atoms with Gasteiger partial charge in [-0.05, 0) is 75.2 Å². The van der Waals surface area contributed by atoms with Gasteiger partial charge < -0.3 is 14.1 Å². The highest BCUT2D eigenvalue weighted by atomic mass is 32.2. The summed E-state index contributed by atoms with van der Waals surface area (Å²) >= 11 is 0. The Kier molecular flexibility index (Phi) is 8.87. The number of anilines is 1. The van der Waals surface area contributed by atoms with Gasteiger partial charge in [0.2, 0.25) is 10.0 Å². The lowest BCUT2D eigenvalue weighted by Gasteiger charge is -2.26. The van der Waals surface area contributed by atoms with Gasteiger partial charge in [0.1, 0.15) is 11.3 Å². The van der Waals surface area contributed by atoms with Crippen LogP contribution in [0.2, 0.25) is 0 Å². The van der Waals surface area contributed by atoms with Crippen molar-refractivity contribution in [3.05, 3.63) is 59.1 Å². The molecule has 0 spiro atoms. The summed E-state index contributed by atoms with van der Waals surface area (Å²) in [4.78, 5) is 16.0. The highest BCUT2D eigenvalue weighted by Gasteiger charge is 2.23. The minimum atomic E-state index is -3.50.